The molecule has 2 amide bonds. The van der Waals surface area contributed by atoms with E-state index in [-0.39, 0.29) is 57.4 Å². The summed E-state index contributed by atoms with van der Waals surface area (Å²) in [5.41, 5.74) is 2.81. The number of imide groups is 1. The number of methoxy groups -OCH3 is 1. The largest absolute Gasteiger partial charge is 0.496 e. The van der Waals surface area contributed by atoms with Crippen molar-refractivity contribution in [2.75, 3.05) is 12.0 Å². The lowest BCUT2D eigenvalue weighted by Gasteiger charge is -2.43. The molecule has 1 saturated heterocycles. The number of carbonyl (C=O) groups excluding carboxylic acids is 2. The third-order valence-electron chi connectivity index (χ3n) is 8.49. The van der Waals surface area contributed by atoms with Crippen molar-refractivity contribution in [3.05, 3.63) is 74.2 Å². The molecule has 7 unspecified atom stereocenters. The number of thiazole rings is 1. The number of nitrogens with zero attached hydrogens (tertiary/aromatic N) is 1. The van der Waals surface area contributed by atoms with Gasteiger partial charge >= 0.3 is 4.87 Å². The Morgan fingerprint density at radius 1 is 0.971 bits per heavy atom. The summed E-state index contributed by atoms with van der Waals surface area (Å²) < 4.78 is 5.74. The molecule has 3 fully saturated rings. The van der Waals surface area contributed by atoms with Crippen molar-refractivity contribution in [2.24, 2.45) is 29.6 Å². The third-order valence-corrected chi connectivity index (χ3v) is 11.1. The van der Waals surface area contributed by atoms with E-state index in [2.05, 4.69) is 11.1 Å². The second-order valence-corrected chi connectivity index (χ2v) is 12.3. The SMILES string of the molecule is COc1ccccc1C1c2sc(=O)[nH]c2SC2C3CC(C4C(=O)N(c5ccc(C)cc5)C(=O)C34)C12. The molecule has 3 aromatic rings. The van der Waals surface area contributed by atoms with Crippen molar-refractivity contribution in [3.8, 4) is 5.75 Å². The van der Waals surface area contributed by atoms with Crippen LogP contribution in [-0.4, -0.2) is 29.2 Å². The molecule has 35 heavy (non-hydrogen) atoms. The molecule has 2 saturated carbocycles. The average Bonchev–Trinajstić information content (AvgIpc) is 3.59. The summed E-state index contributed by atoms with van der Waals surface area (Å²) >= 11 is 2.97. The van der Waals surface area contributed by atoms with Crippen molar-refractivity contribution in [2.45, 2.75) is 29.5 Å². The zero-order valence-corrected chi connectivity index (χ0v) is 20.9. The highest BCUT2D eigenvalue weighted by molar-refractivity contribution is 8.00. The van der Waals surface area contributed by atoms with Gasteiger partial charge in [0.15, 0.2) is 0 Å². The van der Waals surface area contributed by atoms with Crippen molar-refractivity contribution < 1.29 is 14.3 Å². The second-order valence-electron chi connectivity index (χ2n) is 10.0. The first kappa shape index (κ1) is 21.4. The highest BCUT2D eigenvalue weighted by Crippen LogP contribution is 2.69. The van der Waals surface area contributed by atoms with Crippen LogP contribution in [0.2, 0.25) is 0 Å². The molecule has 178 valence electrons. The normalized spacial score (nSPS) is 32.5. The Bertz CT molecular complexity index is 1430. The van der Waals surface area contributed by atoms with E-state index in [9.17, 15) is 14.4 Å². The van der Waals surface area contributed by atoms with Crippen molar-refractivity contribution in [1.82, 2.24) is 4.98 Å². The first-order valence-corrected chi connectivity index (χ1v) is 13.6. The maximum Gasteiger partial charge on any atom is 0.305 e. The quantitative estimate of drug-likeness (QED) is 0.534. The van der Waals surface area contributed by atoms with Crippen LogP contribution >= 0.6 is 23.1 Å². The van der Waals surface area contributed by atoms with E-state index >= 15 is 0 Å². The number of para-hydroxylation sites is 1. The first-order valence-electron chi connectivity index (χ1n) is 11.9. The molecule has 7 rings (SSSR count). The molecule has 0 radical (unpaired) electrons. The highest BCUT2D eigenvalue weighted by Gasteiger charge is 2.69. The smallest absolute Gasteiger partial charge is 0.305 e. The number of aromatic nitrogens is 1. The number of fused-ring (bicyclic) bond motifs is 9. The standard InChI is InChI=1S/C27H24N2O4S2/c1-12-7-9-13(10-8-12)29-25(30)20-15-11-16(21(20)26(29)31)22-19(15)18(14-5-3-4-6-17(14)33-2)23-24(34-22)28-27(32)35-23/h3-10,15-16,18-22H,11H2,1-2H3,(H,28,32). The van der Waals surface area contributed by atoms with Gasteiger partial charge in [0.05, 0.1) is 29.7 Å². The fraction of sp³-hybridized carbons (Fsp3) is 0.370. The highest BCUT2D eigenvalue weighted by atomic mass is 32.2. The second kappa shape index (κ2) is 7.58. The van der Waals surface area contributed by atoms with E-state index in [0.29, 0.717) is 5.69 Å². The van der Waals surface area contributed by atoms with Crippen LogP contribution in [0.15, 0.2) is 58.4 Å². The topological polar surface area (TPSA) is 79.5 Å². The van der Waals surface area contributed by atoms with Gasteiger partial charge in [-0.1, -0.05) is 47.2 Å². The molecular weight excluding hydrogens is 480 g/mol. The monoisotopic (exact) mass is 504 g/mol. The van der Waals surface area contributed by atoms with Crippen LogP contribution in [0.25, 0.3) is 0 Å². The number of thioether (sulfide) groups is 1. The zero-order chi connectivity index (χ0) is 24.0. The third kappa shape index (κ3) is 2.87. The molecule has 6 nitrogen and oxygen atoms in total. The number of nitrogens with one attached hydrogen (secondary N) is 1. The fourth-order valence-corrected chi connectivity index (χ4v) is 10.1. The van der Waals surface area contributed by atoms with Crippen LogP contribution in [0.4, 0.5) is 5.69 Å². The summed E-state index contributed by atoms with van der Waals surface area (Å²) in [5.74, 6) is 0.415. The maximum atomic E-state index is 13.8. The number of benzene rings is 2. The van der Waals surface area contributed by atoms with Gasteiger partial charge in [-0.05, 0) is 49.3 Å². The lowest BCUT2D eigenvalue weighted by Crippen LogP contribution is -2.42. The summed E-state index contributed by atoms with van der Waals surface area (Å²) in [6, 6.07) is 15.6. The van der Waals surface area contributed by atoms with Crippen LogP contribution in [0, 0.1) is 36.5 Å². The molecule has 0 spiro atoms. The number of H-pyrrole nitrogens is 1. The minimum atomic E-state index is -0.301. The summed E-state index contributed by atoms with van der Waals surface area (Å²) in [5, 5.41) is 1.08. The van der Waals surface area contributed by atoms with Crippen LogP contribution in [0.3, 0.4) is 0 Å². The summed E-state index contributed by atoms with van der Waals surface area (Å²) in [6.07, 6.45) is 0.877. The van der Waals surface area contributed by atoms with Crippen LogP contribution in [-0.2, 0) is 9.59 Å². The predicted octanol–water partition coefficient (Wildman–Crippen LogP) is 4.43. The number of carbonyl (C=O) groups is 2. The molecule has 2 bridgehead atoms. The Balaban J connectivity index is 1.34. The van der Waals surface area contributed by atoms with E-state index in [1.807, 2.05) is 49.4 Å². The minimum absolute atomic E-state index is 0.0383. The Hall–Kier alpha value is -2.84. The minimum Gasteiger partial charge on any atom is -0.496 e. The molecule has 8 heteroatoms. The molecular formula is C27H24N2O4S2. The molecule has 1 aromatic heterocycles. The summed E-state index contributed by atoms with van der Waals surface area (Å²) in [4.78, 5) is 45.3. The average molecular weight is 505 g/mol. The maximum absolute atomic E-state index is 13.8. The van der Waals surface area contributed by atoms with Crippen LogP contribution in [0.1, 0.15) is 28.3 Å². The number of hydrogen-bond acceptors (Lipinski definition) is 6. The van der Waals surface area contributed by atoms with Gasteiger partial charge in [0, 0.05) is 21.6 Å². The van der Waals surface area contributed by atoms with Gasteiger partial charge in [-0.25, -0.2) is 0 Å². The van der Waals surface area contributed by atoms with E-state index in [1.54, 1.807) is 18.9 Å². The van der Waals surface area contributed by atoms with E-state index in [0.717, 1.165) is 33.2 Å². The zero-order valence-electron chi connectivity index (χ0n) is 19.3. The number of aromatic amines is 1. The lowest BCUT2D eigenvalue weighted by atomic mass is 9.68. The number of hydrogen-bond donors (Lipinski definition) is 1. The van der Waals surface area contributed by atoms with Crippen LogP contribution in [0.5, 0.6) is 5.75 Å². The van der Waals surface area contributed by atoms with E-state index < -0.39 is 0 Å². The number of rotatable bonds is 3. The molecule has 7 atom stereocenters. The van der Waals surface area contributed by atoms with Gasteiger partial charge in [-0.2, -0.15) is 0 Å². The van der Waals surface area contributed by atoms with E-state index in [4.69, 9.17) is 4.74 Å². The van der Waals surface area contributed by atoms with Crippen molar-refractivity contribution in [3.63, 3.8) is 0 Å². The summed E-state index contributed by atoms with van der Waals surface area (Å²) in [7, 11) is 1.67. The van der Waals surface area contributed by atoms with Gasteiger partial charge in [-0.3, -0.25) is 19.3 Å². The first-order chi connectivity index (χ1) is 17.0. The van der Waals surface area contributed by atoms with E-state index in [1.165, 1.54) is 16.2 Å². The van der Waals surface area contributed by atoms with Gasteiger partial charge in [0.2, 0.25) is 11.8 Å². The fourth-order valence-electron chi connectivity index (χ4n) is 7.24. The Morgan fingerprint density at radius 2 is 1.69 bits per heavy atom. The Labute approximate surface area is 210 Å². The Morgan fingerprint density at radius 3 is 2.43 bits per heavy atom. The number of ether oxygens (including phenoxy) is 1. The van der Waals surface area contributed by atoms with Gasteiger partial charge in [-0.15, -0.1) is 11.8 Å². The van der Waals surface area contributed by atoms with Crippen LogP contribution < -0.4 is 14.5 Å². The molecule has 2 aliphatic carbocycles. The molecule has 2 aliphatic heterocycles. The van der Waals surface area contributed by atoms with Gasteiger partial charge in [0.25, 0.3) is 0 Å². The summed E-state index contributed by atoms with van der Waals surface area (Å²) in [6.45, 7) is 2.00. The van der Waals surface area contributed by atoms with Crippen molar-refractivity contribution >= 4 is 40.6 Å². The number of aryl methyl sites for hydroxylation is 1. The molecule has 3 heterocycles. The molecule has 1 N–H and O–H groups in total. The number of amides is 2. The van der Waals surface area contributed by atoms with Crippen molar-refractivity contribution in [1.29, 1.82) is 0 Å². The number of anilines is 1. The lowest BCUT2D eigenvalue weighted by molar-refractivity contribution is -0.123. The Kier molecular flexibility index (Phi) is 4.64. The van der Waals surface area contributed by atoms with Gasteiger partial charge in [0.1, 0.15) is 5.75 Å². The molecule has 2 aromatic carbocycles. The van der Waals surface area contributed by atoms with Gasteiger partial charge < -0.3 is 9.72 Å². The predicted molar refractivity (Wildman–Crippen MR) is 135 cm³/mol. The molecule has 4 aliphatic rings.